The molecule has 104 valence electrons. The van der Waals surface area contributed by atoms with Crippen LogP contribution in [0.1, 0.15) is 10.5 Å². The fourth-order valence-electron chi connectivity index (χ4n) is 1.60. The SMILES string of the molecule is COC(=O)c1nn(-c2ccccc2F)cc(OC)c1=O. The van der Waals surface area contributed by atoms with Crippen molar-refractivity contribution in [1.29, 1.82) is 0 Å². The average Bonchev–Trinajstić information content (AvgIpc) is 2.47. The molecule has 7 heteroatoms. The largest absolute Gasteiger partial charge is 0.491 e. The van der Waals surface area contributed by atoms with Crippen molar-refractivity contribution in [3.8, 4) is 11.4 Å². The van der Waals surface area contributed by atoms with E-state index in [1.54, 1.807) is 6.07 Å². The molecule has 6 nitrogen and oxygen atoms in total. The number of para-hydroxylation sites is 1. The first kappa shape index (κ1) is 13.7. The zero-order valence-corrected chi connectivity index (χ0v) is 10.8. The third kappa shape index (κ3) is 2.37. The van der Waals surface area contributed by atoms with E-state index in [9.17, 15) is 14.0 Å². The van der Waals surface area contributed by atoms with Crippen LogP contribution in [-0.2, 0) is 4.74 Å². The van der Waals surface area contributed by atoms with Crippen LogP contribution in [0.25, 0.3) is 5.69 Å². The number of rotatable bonds is 3. The van der Waals surface area contributed by atoms with E-state index in [1.165, 1.54) is 31.5 Å². The van der Waals surface area contributed by atoms with Crippen molar-refractivity contribution in [2.45, 2.75) is 0 Å². The molecule has 0 aliphatic rings. The van der Waals surface area contributed by atoms with Gasteiger partial charge in [0.25, 0.3) is 5.43 Å². The molecule has 0 amide bonds. The van der Waals surface area contributed by atoms with E-state index in [1.807, 2.05) is 0 Å². The van der Waals surface area contributed by atoms with Gasteiger partial charge in [-0.05, 0) is 12.1 Å². The average molecular weight is 278 g/mol. The first-order valence-electron chi connectivity index (χ1n) is 5.59. The summed E-state index contributed by atoms with van der Waals surface area (Å²) in [6, 6.07) is 5.80. The maximum Gasteiger partial charge on any atom is 0.362 e. The number of ether oxygens (including phenoxy) is 2. The van der Waals surface area contributed by atoms with Crippen LogP contribution in [0.3, 0.4) is 0 Å². The van der Waals surface area contributed by atoms with Crippen LogP contribution in [-0.4, -0.2) is 30.0 Å². The van der Waals surface area contributed by atoms with Crippen LogP contribution in [0.15, 0.2) is 35.3 Å². The van der Waals surface area contributed by atoms with E-state index in [2.05, 4.69) is 9.84 Å². The number of aromatic nitrogens is 2. The highest BCUT2D eigenvalue weighted by molar-refractivity contribution is 5.87. The minimum Gasteiger partial charge on any atom is -0.491 e. The summed E-state index contributed by atoms with van der Waals surface area (Å²) < 4.78 is 24.1. The molecule has 2 aromatic rings. The fraction of sp³-hybridized carbons (Fsp3) is 0.154. The third-order valence-corrected chi connectivity index (χ3v) is 2.58. The van der Waals surface area contributed by atoms with E-state index >= 15 is 0 Å². The van der Waals surface area contributed by atoms with Gasteiger partial charge >= 0.3 is 5.97 Å². The van der Waals surface area contributed by atoms with Crippen LogP contribution < -0.4 is 10.2 Å². The molecule has 0 fully saturated rings. The molecule has 0 N–H and O–H groups in total. The van der Waals surface area contributed by atoms with Gasteiger partial charge in [-0.2, -0.15) is 5.10 Å². The Hall–Kier alpha value is -2.70. The zero-order valence-electron chi connectivity index (χ0n) is 10.8. The lowest BCUT2D eigenvalue weighted by Crippen LogP contribution is -2.24. The summed E-state index contributed by atoms with van der Waals surface area (Å²) in [6.45, 7) is 0. The highest BCUT2D eigenvalue weighted by atomic mass is 19.1. The maximum atomic E-state index is 13.7. The van der Waals surface area contributed by atoms with Gasteiger partial charge in [0.15, 0.2) is 5.75 Å². The van der Waals surface area contributed by atoms with Crippen molar-refractivity contribution < 1.29 is 18.7 Å². The lowest BCUT2D eigenvalue weighted by molar-refractivity contribution is 0.0589. The normalized spacial score (nSPS) is 10.2. The van der Waals surface area contributed by atoms with E-state index in [0.29, 0.717) is 0 Å². The van der Waals surface area contributed by atoms with Crippen molar-refractivity contribution in [1.82, 2.24) is 9.78 Å². The number of nitrogens with zero attached hydrogens (tertiary/aromatic N) is 2. The van der Waals surface area contributed by atoms with Gasteiger partial charge in [0.05, 0.1) is 20.4 Å². The highest BCUT2D eigenvalue weighted by Gasteiger charge is 2.19. The van der Waals surface area contributed by atoms with Crippen LogP contribution in [0.4, 0.5) is 4.39 Å². The molecule has 0 bridgehead atoms. The Bertz CT molecular complexity index is 712. The molecule has 0 saturated heterocycles. The van der Waals surface area contributed by atoms with E-state index in [-0.39, 0.29) is 11.4 Å². The maximum absolute atomic E-state index is 13.7. The summed E-state index contributed by atoms with van der Waals surface area (Å²) in [4.78, 5) is 23.4. The topological polar surface area (TPSA) is 70.4 Å². The second-order valence-corrected chi connectivity index (χ2v) is 3.76. The van der Waals surface area contributed by atoms with Crippen LogP contribution in [0.5, 0.6) is 5.75 Å². The second kappa shape index (κ2) is 5.52. The van der Waals surface area contributed by atoms with E-state index in [4.69, 9.17) is 4.74 Å². The molecule has 20 heavy (non-hydrogen) atoms. The summed E-state index contributed by atoms with van der Waals surface area (Å²) in [6.07, 6.45) is 1.20. The number of carbonyl (C=O) groups excluding carboxylic acids is 1. The lowest BCUT2D eigenvalue weighted by Gasteiger charge is -2.09. The molecule has 1 aromatic heterocycles. The monoisotopic (exact) mass is 278 g/mol. The summed E-state index contributed by atoms with van der Waals surface area (Å²) in [7, 11) is 2.39. The van der Waals surface area contributed by atoms with Crippen molar-refractivity contribution in [2.24, 2.45) is 0 Å². The summed E-state index contributed by atoms with van der Waals surface area (Å²) in [5.41, 5.74) is -1.11. The summed E-state index contributed by atoms with van der Waals surface area (Å²) >= 11 is 0. The Kier molecular flexibility index (Phi) is 3.79. The van der Waals surface area contributed by atoms with Gasteiger partial charge in [-0.25, -0.2) is 13.9 Å². The number of carbonyl (C=O) groups is 1. The van der Waals surface area contributed by atoms with Gasteiger partial charge in [-0.3, -0.25) is 4.79 Å². The van der Waals surface area contributed by atoms with Crippen LogP contribution in [0.2, 0.25) is 0 Å². The molecular formula is C13H11FN2O4. The van der Waals surface area contributed by atoms with Gasteiger partial charge in [0.2, 0.25) is 5.69 Å². The second-order valence-electron chi connectivity index (χ2n) is 3.76. The standard InChI is InChI=1S/C13H11FN2O4/c1-19-10-7-16(9-6-4-3-5-8(9)14)15-11(12(10)17)13(18)20-2/h3-7H,1-2H3. The van der Waals surface area contributed by atoms with Crippen LogP contribution >= 0.6 is 0 Å². The summed E-state index contributed by atoms with van der Waals surface area (Å²) in [5, 5.41) is 3.79. The van der Waals surface area contributed by atoms with Crippen molar-refractivity contribution in [2.75, 3.05) is 14.2 Å². The Morgan fingerprint density at radius 3 is 2.60 bits per heavy atom. The van der Waals surface area contributed by atoms with Gasteiger partial charge in [-0.15, -0.1) is 0 Å². The molecule has 1 heterocycles. The molecule has 0 radical (unpaired) electrons. The quantitative estimate of drug-likeness (QED) is 0.788. The van der Waals surface area contributed by atoms with E-state index in [0.717, 1.165) is 11.8 Å². The number of hydrogen-bond acceptors (Lipinski definition) is 5. The van der Waals surface area contributed by atoms with E-state index < -0.39 is 22.9 Å². The Morgan fingerprint density at radius 2 is 2.00 bits per heavy atom. The molecule has 0 spiro atoms. The number of benzene rings is 1. The lowest BCUT2D eigenvalue weighted by atomic mass is 10.3. The molecule has 1 aromatic carbocycles. The molecule has 0 aliphatic carbocycles. The molecule has 2 rings (SSSR count). The number of halogens is 1. The van der Waals surface area contributed by atoms with Crippen molar-refractivity contribution in [3.05, 3.63) is 52.2 Å². The fourth-order valence-corrected chi connectivity index (χ4v) is 1.60. The van der Waals surface area contributed by atoms with Gasteiger partial charge in [0, 0.05) is 0 Å². The first-order chi connectivity index (χ1) is 9.58. The minimum atomic E-state index is -0.918. The molecule has 0 aliphatic heterocycles. The van der Waals surface area contributed by atoms with Gasteiger partial charge < -0.3 is 9.47 Å². The number of esters is 1. The smallest absolute Gasteiger partial charge is 0.362 e. The predicted molar refractivity (Wildman–Crippen MR) is 67.7 cm³/mol. The molecule has 0 atom stereocenters. The molecular weight excluding hydrogens is 267 g/mol. The van der Waals surface area contributed by atoms with Crippen molar-refractivity contribution in [3.63, 3.8) is 0 Å². The Balaban J connectivity index is 2.70. The number of methoxy groups -OCH3 is 2. The molecule has 0 saturated carbocycles. The first-order valence-corrected chi connectivity index (χ1v) is 5.59. The van der Waals surface area contributed by atoms with Gasteiger partial charge in [0.1, 0.15) is 11.5 Å². The number of hydrogen-bond donors (Lipinski definition) is 0. The Morgan fingerprint density at radius 1 is 1.30 bits per heavy atom. The van der Waals surface area contributed by atoms with Gasteiger partial charge in [-0.1, -0.05) is 12.1 Å². The minimum absolute atomic E-state index is 0.0796. The Labute approximate surface area is 113 Å². The zero-order chi connectivity index (χ0) is 14.7. The predicted octanol–water partition coefficient (Wildman–Crippen LogP) is 1.17. The molecule has 0 unspecified atom stereocenters. The third-order valence-electron chi connectivity index (χ3n) is 2.58. The van der Waals surface area contributed by atoms with Crippen LogP contribution in [0, 0.1) is 5.82 Å². The van der Waals surface area contributed by atoms with Crippen molar-refractivity contribution >= 4 is 5.97 Å². The highest BCUT2D eigenvalue weighted by Crippen LogP contribution is 2.14. The summed E-state index contributed by atoms with van der Waals surface area (Å²) in [5.74, 6) is -1.61.